The number of likely N-dealkylation sites (tertiary alicyclic amines) is 1. The van der Waals surface area contributed by atoms with E-state index in [0.29, 0.717) is 17.9 Å². The van der Waals surface area contributed by atoms with Gasteiger partial charge < -0.3 is 10.2 Å². The number of nitrogens with one attached hydrogen (secondary N) is 1. The van der Waals surface area contributed by atoms with Gasteiger partial charge in [-0.3, -0.25) is 4.79 Å². The molecule has 2 fully saturated rings. The Morgan fingerprint density at radius 2 is 1.90 bits per heavy atom. The molecule has 2 heterocycles. The molecule has 0 aliphatic carbocycles. The van der Waals surface area contributed by atoms with Gasteiger partial charge in [-0.2, -0.15) is 0 Å². The second kappa shape index (κ2) is 9.45. The maximum atomic E-state index is 12.4. The van der Waals surface area contributed by atoms with Crippen LogP contribution in [0.3, 0.4) is 0 Å². The minimum atomic E-state index is 0.410. The molecule has 1 N–H and O–H groups in total. The zero-order chi connectivity index (χ0) is 14.9. The molecule has 3 heteroatoms. The quantitative estimate of drug-likeness (QED) is 0.692. The predicted octanol–water partition coefficient (Wildman–Crippen LogP) is 3.73. The summed E-state index contributed by atoms with van der Waals surface area (Å²) in [6, 6.07) is 0.676. The van der Waals surface area contributed by atoms with Gasteiger partial charge in [0, 0.05) is 25.6 Å². The summed E-state index contributed by atoms with van der Waals surface area (Å²) in [6.45, 7) is 5.42. The van der Waals surface area contributed by atoms with Crippen LogP contribution < -0.4 is 5.32 Å². The Balaban J connectivity index is 1.62. The highest BCUT2D eigenvalue weighted by atomic mass is 16.2. The smallest absolute Gasteiger partial charge is 0.222 e. The largest absolute Gasteiger partial charge is 0.342 e. The highest BCUT2D eigenvalue weighted by molar-refractivity contribution is 5.76. The number of nitrogens with zero attached hydrogens (tertiary/aromatic N) is 1. The van der Waals surface area contributed by atoms with E-state index < -0.39 is 0 Å². The van der Waals surface area contributed by atoms with Crippen molar-refractivity contribution in [1.29, 1.82) is 0 Å². The second-order valence-electron chi connectivity index (χ2n) is 6.96. The third-order valence-corrected chi connectivity index (χ3v) is 5.22. The van der Waals surface area contributed by atoms with Crippen LogP contribution in [0, 0.1) is 5.92 Å². The normalized spacial score (nSPS) is 26.2. The fourth-order valence-electron chi connectivity index (χ4n) is 3.89. The second-order valence-corrected chi connectivity index (χ2v) is 6.96. The van der Waals surface area contributed by atoms with Gasteiger partial charge in [-0.1, -0.05) is 39.0 Å². The Morgan fingerprint density at radius 3 is 2.67 bits per heavy atom. The van der Waals surface area contributed by atoms with Gasteiger partial charge in [0.25, 0.3) is 0 Å². The summed E-state index contributed by atoms with van der Waals surface area (Å²) in [6.07, 6.45) is 13.5. The van der Waals surface area contributed by atoms with E-state index in [4.69, 9.17) is 0 Å². The van der Waals surface area contributed by atoms with Gasteiger partial charge in [0.2, 0.25) is 5.91 Å². The standard InChI is InChI=1S/C18H34N2O/c1-2-3-4-5-6-7-12-18(21)20-14-9-10-16(15-20)17-11-8-13-19-17/h16-17,19H,2-15H2,1H3. The first-order chi connectivity index (χ1) is 10.3. The van der Waals surface area contributed by atoms with E-state index in [0.717, 1.165) is 25.9 Å². The van der Waals surface area contributed by atoms with Crippen molar-refractivity contribution in [3.8, 4) is 0 Å². The van der Waals surface area contributed by atoms with Crippen molar-refractivity contribution in [3.05, 3.63) is 0 Å². The van der Waals surface area contributed by atoms with Crippen molar-refractivity contribution in [2.24, 2.45) is 5.92 Å². The average molecular weight is 294 g/mol. The topological polar surface area (TPSA) is 32.3 Å². The number of unbranched alkanes of at least 4 members (excludes halogenated alkanes) is 5. The minimum absolute atomic E-state index is 0.410. The molecule has 122 valence electrons. The van der Waals surface area contributed by atoms with Gasteiger partial charge in [-0.25, -0.2) is 0 Å². The fourth-order valence-corrected chi connectivity index (χ4v) is 3.89. The Morgan fingerprint density at radius 1 is 1.10 bits per heavy atom. The van der Waals surface area contributed by atoms with Gasteiger partial charge in [0.15, 0.2) is 0 Å². The predicted molar refractivity (Wildman–Crippen MR) is 88.3 cm³/mol. The fraction of sp³-hybridized carbons (Fsp3) is 0.944. The highest BCUT2D eigenvalue weighted by Crippen LogP contribution is 2.25. The first-order valence-electron chi connectivity index (χ1n) is 9.32. The van der Waals surface area contributed by atoms with E-state index in [2.05, 4.69) is 17.1 Å². The number of hydrogen-bond acceptors (Lipinski definition) is 2. The lowest BCUT2D eigenvalue weighted by Crippen LogP contribution is -2.45. The molecule has 2 saturated heterocycles. The molecule has 2 aliphatic heterocycles. The molecule has 2 atom stereocenters. The van der Waals surface area contributed by atoms with Crippen molar-refractivity contribution in [1.82, 2.24) is 10.2 Å². The maximum absolute atomic E-state index is 12.4. The van der Waals surface area contributed by atoms with Crippen LogP contribution in [0.2, 0.25) is 0 Å². The van der Waals surface area contributed by atoms with Crippen molar-refractivity contribution >= 4 is 5.91 Å². The van der Waals surface area contributed by atoms with Crippen LogP contribution in [-0.4, -0.2) is 36.5 Å². The van der Waals surface area contributed by atoms with E-state index in [9.17, 15) is 4.79 Å². The van der Waals surface area contributed by atoms with E-state index in [1.165, 1.54) is 64.3 Å². The van der Waals surface area contributed by atoms with Gasteiger partial charge in [-0.15, -0.1) is 0 Å². The lowest BCUT2D eigenvalue weighted by atomic mass is 9.89. The van der Waals surface area contributed by atoms with Crippen LogP contribution in [0.4, 0.5) is 0 Å². The van der Waals surface area contributed by atoms with Crippen molar-refractivity contribution in [3.63, 3.8) is 0 Å². The molecule has 0 aromatic heterocycles. The average Bonchev–Trinajstić information content (AvgIpc) is 3.05. The molecule has 0 saturated carbocycles. The number of carbonyl (C=O) groups excluding carboxylic acids is 1. The first-order valence-corrected chi connectivity index (χ1v) is 9.32. The van der Waals surface area contributed by atoms with Crippen LogP contribution in [0.25, 0.3) is 0 Å². The Bertz CT molecular complexity index is 300. The van der Waals surface area contributed by atoms with Gasteiger partial charge in [-0.05, 0) is 44.6 Å². The number of rotatable bonds is 8. The third kappa shape index (κ3) is 5.61. The van der Waals surface area contributed by atoms with Crippen LogP contribution >= 0.6 is 0 Å². The van der Waals surface area contributed by atoms with Gasteiger partial charge in [0.1, 0.15) is 0 Å². The highest BCUT2D eigenvalue weighted by Gasteiger charge is 2.30. The zero-order valence-electron chi connectivity index (χ0n) is 13.9. The van der Waals surface area contributed by atoms with E-state index in [1.807, 2.05) is 0 Å². The van der Waals surface area contributed by atoms with Crippen LogP contribution in [-0.2, 0) is 4.79 Å². The molecule has 0 aromatic carbocycles. The van der Waals surface area contributed by atoms with E-state index in [-0.39, 0.29) is 0 Å². The summed E-state index contributed by atoms with van der Waals surface area (Å²) in [7, 11) is 0. The summed E-state index contributed by atoms with van der Waals surface area (Å²) >= 11 is 0. The molecule has 21 heavy (non-hydrogen) atoms. The summed E-state index contributed by atoms with van der Waals surface area (Å²) in [5.41, 5.74) is 0. The van der Waals surface area contributed by atoms with Crippen molar-refractivity contribution in [2.45, 2.75) is 83.6 Å². The summed E-state index contributed by atoms with van der Waals surface area (Å²) in [5.74, 6) is 1.11. The summed E-state index contributed by atoms with van der Waals surface area (Å²) < 4.78 is 0. The molecule has 0 aromatic rings. The zero-order valence-corrected chi connectivity index (χ0v) is 13.9. The summed E-state index contributed by atoms with van der Waals surface area (Å²) in [4.78, 5) is 14.5. The molecule has 3 nitrogen and oxygen atoms in total. The van der Waals surface area contributed by atoms with Gasteiger partial charge in [0.05, 0.1) is 0 Å². The van der Waals surface area contributed by atoms with Crippen LogP contribution in [0.15, 0.2) is 0 Å². The number of piperidine rings is 1. The Kier molecular flexibility index (Phi) is 7.56. The maximum Gasteiger partial charge on any atom is 0.222 e. The minimum Gasteiger partial charge on any atom is -0.342 e. The first kappa shape index (κ1) is 16.8. The third-order valence-electron chi connectivity index (χ3n) is 5.22. The van der Waals surface area contributed by atoms with Gasteiger partial charge >= 0.3 is 0 Å². The lowest BCUT2D eigenvalue weighted by molar-refractivity contribution is -0.133. The monoisotopic (exact) mass is 294 g/mol. The van der Waals surface area contributed by atoms with E-state index >= 15 is 0 Å². The van der Waals surface area contributed by atoms with Crippen LogP contribution in [0.5, 0.6) is 0 Å². The number of hydrogen-bond donors (Lipinski definition) is 1. The number of amides is 1. The molecule has 0 spiro atoms. The van der Waals surface area contributed by atoms with Crippen LogP contribution in [0.1, 0.15) is 77.6 Å². The summed E-state index contributed by atoms with van der Waals surface area (Å²) in [5, 5.41) is 3.62. The van der Waals surface area contributed by atoms with Crippen molar-refractivity contribution < 1.29 is 4.79 Å². The van der Waals surface area contributed by atoms with E-state index in [1.54, 1.807) is 0 Å². The van der Waals surface area contributed by atoms with Crippen molar-refractivity contribution in [2.75, 3.05) is 19.6 Å². The molecule has 1 amide bonds. The SMILES string of the molecule is CCCCCCCCC(=O)N1CCCC(C2CCCN2)C1. The molecule has 0 bridgehead atoms. The molecular weight excluding hydrogens is 260 g/mol. The molecule has 2 rings (SSSR count). The Labute approximate surface area is 130 Å². The lowest BCUT2D eigenvalue weighted by Gasteiger charge is -2.36. The Hall–Kier alpha value is -0.570. The molecule has 2 aliphatic rings. The molecule has 2 unspecified atom stereocenters. The number of carbonyl (C=O) groups is 1. The molecule has 0 radical (unpaired) electrons. The molecular formula is C18H34N2O.